The molecule has 1 aromatic carbocycles. The molecular formula is C18H23ClN2O4. The molecule has 2 aromatic rings. The van der Waals surface area contributed by atoms with Crippen LogP contribution >= 0.6 is 11.6 Å². The molecule has 25 heavy (non-hydrogen) atoms. The van der Waals surface area contributed by atoms with Crippen molar-refractivity contribution in [1.82, 2.24) is 4.98 Å². The van der Waals surface area contributed by atoms with Gasteiger partial charge in [-0.3, -0.25) is 0 Å². The fraction of sp³-hybridized carbons (Fsp3) is 0.389. The van der Waals surface area contributed by atoms with Crippen molar-refractivity contribution in [2.24, 2.45) is 0 Å². The molecule has 1 heterocycles. The number of nitrogens with zero attached hydrogens (tertiary/aromatic N) is 1. The van der Waals surface area contributed by atoms with Crippen molar-refractivity contribution in [3.8, 4) is 17.4 Å². The predicted molar refractivity (Wildman–Crippen MR) is 97.8 cm³/mol. The van der Waals surface area contributed by atoms with Crippen molar-refractivity contribution in [3.05, 3.63) is 41.4 Å². The zero-order valence-electron chi connectivity index (χ0n) is 14.6. The Labute approximate surface area is 153 Å². The fourth-order valence-corrected chi connectivity index (χ4v) is 2.31. The van der Waals surface area contributed by atoms with Crippen molar-refractivity contribution >= 4 is 17.4 Å². The topological polar surface area (TPSA) is 61.8 Å². The van der Waals surface area contributed by atoms with Crippen molar-refractivity contribution < 1.29 is 18.9 Å². The van der Waals surface area contributed by atoms with Gasteiger partial charge >= 0.3 is 0 Å². The van der Waals surface area contributed by atoms with Crippen LogP contribution in [0.2, 0.25) is 5.02 Å². The molecular weight excluding hydrogens is 344 g/mol. The molecule has 1 aromatic heterocycles. The van der Waals surface area contributed by atoms with Gasteiger partial charge in [-0.05, 0) is 32.0 Å². The molecule has 136 valence electrons. The first-order valence-corrected chi connectivity index (χ1v) is 8.49. The third-order valence-electron chi connectivity index (χ3n) is 3.23. The van der Waals surface area contributed by atoms with Gasteiger partial charge in [0.15, 0.2) is 6.29 Å². The second-order valence-corrected chi connectivity index (χ2v) is 5.39. The number of pyridine rings is 1. The average Bonchev–Trinajstić information content (AvgIpc) is 2.62. The zero-order valence-corrected chi connectivity index (χ0v) is 15.4. The summed E-state index contributed by atoms with van der Waals surface area (Å²) in [6.07, 6.45) is -0.322. The number of aromatic nitrogens is 1. The Morgan fingerprint density at radius 3 is 2.52 bits per heavy atom. The second-order valence-electron chi connectivity index (χ2n) is 4.98. The number of halogens is 1. The Balaban J connectivity index is 2.01. The molecule has 2 rings (SSSR count). The van der Waals surface area contributed by atoms with E-state index in [2.05, 4.69) is 10.3 Å². The SMILES string of the molecule is CCOC(CNc1cccc(Oc2ccc(OC)cc2Cl)n1)OCC. The average molecular weight is 367 g/mol. The summed E-state index contributed by atoms with van der Waals surface area (Å²) in [5.74, 6) is 2.26. The van der Waals surface area contributed by atoms with E-state index in [4.69, 9.17) is 30.5 Å². The van der Waals surface area contributed by atoms with Crippen LogP contribution in [0.3, 0.4) is 0 Å². The number of methoxy groups -OCH3 is 1. The van der Waals surface area contributed by atoms with E-state index in [0.717, 1.165) is 0 Å². The van der Waals surface area contributed by atoms with Gasteiger partial charge in [0, 0.05) is 25.3 Å². The Hall–Kier alpha value is -2.02. The Morgan fingerprint density at radius 1 is 1.12 bits per heavy atom. The summed E-state index contributed by atoms with van der Waals surface area (Å²) in [4.78, 5) is 4.41. The standard InChI is InChI=1S/C18H23ClN2O4/c1-4-23-18(24-5-2)12-20-16-7-6-8-17(21-16)25-15-10-9-13(22-3)11-14(15)19/h6-11,18H,4-5,12H2,1-3H3,(H,20,21). The minimum Gasteiger partial charge on any atom is -0.497 e. The quantitative estimate of drug-likeness (QED) is 0.631. The smallest absolute Gasteiger partial charge is 0.221 e. The summed E-state index contributed by atoms with van der Waals surface area (Å²) in [5, 5.41) is 3.63. The van der Waals surface area contributed by atoms with E-state index in [-0.39, 0.29) is 6.29 Å². The maximum absolute atomic E-state index is 6.19. The van der Waals surface area contributed by atoms with Gasteiger partial charge in [0.05, 0.1) is 18.7 Å². The number of benzene rings is 1. The van der Waals surface area contributed by atoms with Gasteiger partial charge in [0.25, 0.3) is 0 Å². The summed E-state index contributed by atoms with van der Waals surface area (Å²) in [6, 6.07) is 10.7. The highest BCUT2D eigenvalue weighted by Crippen LogP contribution is 2.31. The van der Waals surface area contributed by atoms with Crippen molar-refractivity contribution in [2.75, 3.05) is 32.2 Å². The number of hydrogen-bond acceptors (Lipinski definition) is 6. The first-order valence-electron chi connectivity index (χ1n) is 8.11. The number of hydrogen-bond donors (Lipinski definition) is 1. The molecule has 1 N–H and O–H groups in total. The van der Waals surface area contributed by atoms with Crippen LogP contribution in [0.5, 0.6) is 17.4 Å². The summed E-state index contributed by atoms with van der Waals surface area (Å²) < 4.78 is 21.9. The summed E-state index contributed by atoms with van der Waals surface area (Å²) >= 11 is 6.19. The molecule has 0 saturated carbocycles. The van der Waals surface area contributed by atoms with Crippen molar-refractivity contribution in [1.29, 1.82) is 0 Å². The Kier molecular flexibility index (Phi) is 7.78. The second kappa shape index (κ2) is 10.1. The molecule has 0 atom stereocenters. The largest absolute Gasteiger partial charge is 0.497 e. The van der Waals surface area contributed by atoms with Crippen LogP contribution in [-0.4, -0.2) is 38.1 Å². The highest BCUT2D eigenvalue weighted by molar-refractivity contribution is 6.32. The third-order valence-corrected chi connectivity index (χ3v) is 3.53. The van der Waals surface area contributed by atoms with Gasteiger partial charge < -0.3 is 24.3 Å². The van der Waals surface area contributed by atoms with E-state index < -0.39 is 0 Å². The summed E-state index contributed by atoms with van der Waals surface area (Å²) in [6.45, 7) is 5.51. The van der Waals surface area contributed by atoms with Gasteiger partial charge in [-0.25, -0.2) is 0 Å². The van der Waals surface area contributed by atoms with Gasteiger partial charge in [-0.15, -0.1) is 0 Å². The van der Waals surface area contributed by atoms with E-state index in [9.17, 15) is 0 Å². The van der Waals surface area contributed by atoms with Crippen LogP contribution in [0.15, 0.2) is 36.4 Å². The van der Waals surface area contributed by atoms with Crippen LogP contribution in [0.4, 0.5) is 5.82 Å². The molecule has 0 bridgehead atoms. The number of rotatable bonds is 10. The third kappa shape index (κ3) is 6.08. The van der Waals surface area contributed by atoms with E-state index in [1.54, 1.807) is 31.4 Å². The van der Waals surface area contributed by atoms with Gasteiger partial charge in [0.2, 0.25) is 5.88 Å². The Bertz CT molecular complexity index is 663. The normalized spacial score (nSPS) is 10.8. The minimum absolute atomic E-state index is 0.322. The minimum atomic E-state index is -0.322. The van der Waals surface area contributed by atoms with Crippen LogP contribution in [-0.2, 0) is 9.47 Å². The van der Waals surface area contributed by atoms with E-state index in [1.807, 2.05) is 26.0 Å². The lowest BCUT2D eigenvalue weighted by Crippen LogP contribution is -2.26. The van der Waals surface area contributed by atoms with Gasteiger partial charge in [-0.1, -0.05) is 17.7 Å². The summed E-state index contributed by atoms with van der Waals surface area (Å²) in [7, 11) is 1.58. The lowest BCUT2D eigenvalue weighted by Gasteiger charge is -2.18. The van der Waals surface area contributed by atoms with Gasteiger partial charge in [-0.2, -0.15) is 4.98 Å². The molecule has 0 fully saturated rings. The van der Waals surface area contributed by atoms with E-state index >= 15 is 0 Å². The molecule has 0 radical (unpaired) electrons. The maximum atomic E-state index is 6.19. The van der Waals surface area contributed by atoms with Crippen LogP contribution in [0.25, 0.3) is 0 Å². The number of ether oxygens (including phenoxy) is 4. The number of nitrogens with one attached hydrogen (secondary N) is 1. The van der Waals surface area contributed by atoms with Crippen LogP contribution < -0.4 is 14.8 Å². The molecule has 7 heteroatoms. The zero-order chi connectivity index (χ0) is 18.1. The molecule has 0 amide bonds. The lowest BCUT2D eigenvalue weighted by atomic mass is 10.3. The molecule has 0 aliphatic carbocycles. The van der Waals surface area contributed by atoms with Crippen LogP contribution in [0.1, 0.15) is 13.8 Å². The van der Waals surface area contributed by atoms with Crippen molar-refractivity contribution in [3.63, 3.8) is 0 Å². The molecule has 6 nitrogen and oxygen atoms in total. The molecule has 0 saturated heterocycles. The molecule has 0 spiro atoms. The van der Waals surface area contributed by atoms with Crippen LogP contribution in [0, 0.1) is 0 Å². The molecule has 0 aliphatic heterocycles. The molecule has 0 aliphatic rings. The predicted octanol–water partition coefficient (Wildman–Crippen LogP) is 4.35. The monoisotopic (exact) mass is 366 g/mol. The summed E-state index contributed by atoms with van der Waals surface area (Å²) in [5.41, 5.74) is 0. The van der Waals surface area contributed by atoms with E-state index in [0.29, 0.717) is 48.0 Å². The lowest BCUT2D eigenvalue weighted by molar-refractivity contribution is -0.126. The van der Waals surface area contributed by atoms with E-state index in [1.165, 1.54) is 0 Å². The Morgan fingerprint density at radius 2 is 1.88 bits per heavy atom. The maximum Gasteiger partial charge on any atom is 0.221 e. The van der Waals surface area contributed by atoms with Gasteiger partial charge in [0.1, 0.15) is 17.3 Å². The highest BCUT2D eigenvalue weighted by atomic mass is 35.5. The van der Waals surface area contributed by atoms with Crippen molar-refractivity contribution in [2.45, 2.75) is 20.1 Å². The first kappa shape index (κ1) is 19.3. The fourth-order valence-electron chi connectivity index (χ4n) is 2.10. The molecule has 0 unspecified atom stereocenters. The first-order chi connectivity index (χ1) is 12.2. The number of anilines is 1. The highest BCUT2D eigenvalue weighted by Gasteiger charge is 2.09.